The van der Waals surface area contributed by atoms with Crippen LogP contribution in [0.4, 0.5) is 0 Å². The average molecular weight is 395 g/mol. The van der Waals surface area contributed by atoms with Crippen LogP contribution in [0.2, 0.25) is 0 Å². The summed E-state index contributed by atoms with van der Waals surface area (Å²) in [5, 5.41) is 0. The predicted octanol–water partition coefficient (Wildman–Crippen LogP) is 2.77. The molecule has 7 heteroatoms. The standard InChI is InChI=1S/C20H30N2O4S/c1-16-5-7-17(8-6-16)27(24,25)22-13-14-26-20(22)9-11-21(12-10-20)18(23)15-19(2,3)4/h5-8H,9-15H2,1-4H3. The Kier molecular flexibility index (Phi) is 5.40. The van der Waals surface area contributed by atoms with Crippen molar-refractivity contribution in [2.24, 2.45) is 5.41 Å². The molecule has 1 spiro atoms. The Labute approximate surface area is 162 Å². The van der Waals surface area contributed by atoms with Crippen LogP contribution in [0, 0.1) is 12.3 Å². The molecule has 2 saturated heterocycles. The van der Waals surface area contributed by atoms with Crippen LogP contribution in [0.3, 0.4) is 0 Å². The SMILES string of the molecule is Cc1ccc(S(=O)(=O)N2CCOC23CCN(C(=O)CC(C)(C)C)CC3)cc1. The van der Waals surface area contributed by atoms with Gasteiger partial charge in [-0.25, -0.2) is 8.42 Å². The number of carbonyl (C=O) groups is 1. The molecule has 2 aliphatic rings. The number of benzene rings is 1. The van der Waals surface area contributed by atoms with E-state index in [9.17, 15) is 13.2 Å². The maximum Gasteiger partial charge on any atom is 0.245 e. The maximum atomic E-state index is 13.2. The zero-order valence-electron chi connectivity index (χ0n) is 16.7. The van der Waals surface area contributed by atoms with E-state index in [1.54, 1.807) is 12.1 Å². The molecule has 27 heavy (non-hydrogen) atoms. The van der Waals surface area contributed by atoms with Gasteiger partial charge in [0.1, 0.15) is 5.72 Å². The van der Waals surface area contributed by atoms with Crippen molar-refractivity contribution in [3.8, 4) is 0 Å². The first kappa shape index (κ1) is 20.3. The zero-order valence-corrected chi connectivity index (χ0v) is 17.5. The number of hydrogen-bond donors (Lipinski definition) is 0. The Morgan fingerprint density at radius 3 is 2.26 bits per heavy atom. The number of ether oxygens (including phenoxy) is 1. The predicted molar refractivity (Wildman–Crippen MR) is 104 cm³/mol. The molecule has 6 nitrogen and oxygen atoms in total. The van der Waals surface area contributed by atoms with Crippen LogP contribution in [0.5, 0.6) is 0 Å². The summed E-state index contributed by atoms with van der Waals surface area (Å²) in [6.07, 6.45) is 1.51. The van der Waals surface area contributed by atoms with Gasteiger partial charge in [0.2, 0.25) is 15.9 Å². The maximum absolute atomic E-state index is 13.2. The quantitative estimate of drug-likeness (QED) is 0.791. The van der Waals surface area contributed by atoms with E-state index in [2.05, 4.69) is 0 Å². The number of nitrogens with zero attached hydrogens (tertiary/aromatic N) is 2. The number of likely N-dealkylation sites (tertiary alicyclic amines) is 1. The van der Waals surface area contributed by atoms with E-state index in [-0.39, 0.29) is 11.3 Å². The molecule has 0 saturated carbocycles. The van der Waals surface area contributed by atoms with E-state index in [0.717, 1.165) is 5.56 Å². The molecule has 0 radical (unpaired) electrons. The number of carbonyl (C=O) groups excluding carboxylic acids is 1. The van der Waals surface area contributed by atoms with Gasteiger partial charge in [0, 0.05) is 38.9 Å². The molecule has 2 heterocycles. The number of sulfonamides is 1. The Balaban J connectivity index is 1.75. The molecule has 0 aliphatic carbocycles. The molecule has 3 rings (SSSR count). The minimum Gasteiger partial charge on any atom is -0.358 e. The van der Waals surface area contributed by atoms with E-state index in [1.807, 2.05) is 44.7 Å². The fourth-order valence-corrected chi connectivity index (χ4v) is 5.56. The summed E-state index contributed by atoms with van der Waals surface area (Å²) in [6.45, 7) is 9.86. The van der Waals surface area contributed by atoms with Crippen LogP contribution in [-0.2, 0) is 19.6 Å². The molecule has 0 unspecified atom stereocenters. The molecule has 0 aromatic heterocycles. The Hall–Kier alpha value is -1.44. The summed E-state index contributed by atoms with van der Waals surface area (Å²) in [5.41, 5.74) is 0.131. The van der Waals surface area contributed by atoms with E-state index < -0.39 is 15.7 Å². The second-order valence-corrected chi connectivity index (χ2v) is 10.7. The first-order valence-corrected chi connectivity index (χ1v) is 11.0. The Morgan fingerprint density at radius 2 is 1.70 bits per heavy atom. The van der Waals surface area contributed by atoms with Crippen LogP contribution in [0.1, 0.15) is 45.6 Å². The summed E-state index contributed by atoms with van der Waals surface area (Å²) in [5.74, 6) is 0.128. The minimum absolute atomic E-state index is 0.0586. The lowest BCUT2D eigenvalue weighted by molar-refractivity contribution is -0.141. The van der Waals surface area contributed by atoms with Crippen LogP contribution < -0.4 is 0 Å². The van der Waals surface area contributed by atoms with Crippen molar-refractivity contribution in [3.63, 3.8) is 0 Å². The summed E-state index contributed by atoms with van der Waals surface area (Å²) >= 11 is 0. The highest BCUT2D eigenvalue weighted by Crippen LogP contribution is 2.38. The fourth-order valence-electron chi connectivity index (χ4n) is 3.84. The van der Waals surface area contributed by atoms with Crippen molar-refractivity contribution in [1.29, 1.82) is 0 Å². The molecular formula is C20H30N2O4S. The average Bonchev–Trinajstić information content (AvgIpc) is 2.98. The van der Waals surface area contributed by atoms with E-state index >= 15 is 0 Å². The molecule has 0 bridgehead atoms. The summed E-state index contributed by atoms with van der Waals surface area (Å²) in [4.78, 5) is 14.6. The summed E-state index contributed by atoms with van der Waals surface area (Å²) in [6, 6.07) is 6.92. The smallest absolute Gasteiger partial charge is 0.245 e. The molecule has 150 valence electrons. The monoisotopic (exact) mass is 394 g/mol. The molecule has 1 aromatic rings. The van der Waals surface area contributed by atoms with Crippen molar-refractivity contribution in [2.75, 3.05) is 26.2 Å². The number of rotatable bonds is 3. The van der Waals surface area contributed by atoms with Crippen molar-refractivity contribution in [1.82, 2.24) is 9.21 Å². The zero-order chi connectivity index (χ0) is 19.9. The van der Waals surface area contributed by atoms with Gasteiger partial charge in [-0.05, 0) is 24.5 Å². The highest BCUT2D eigenvalue weighted by Gasteiger charge is 2.51. The number of piperidine rings is 1. The van der Waals surface area contributed by atoms with Gasteiger partial charge in [0.25, 0.3) is 0 Å². The third-order valence-electron chi connectivity index (χ3n) is 5.31. The van der Waals surface area contributed by atoms with Crippen LogP contribution in [0.15, 0.2) is 29.2 Å². The molecule has 2 fully saturated rings. The van der Waals surface area contributed by atoms with Gasteiger partial charge in [-0.15, -0.1) is 0 Å². The van der Waals surface area contributed by atoms with Crippen molar-refractivity contribution >= 4 is 15.9 Å². The van der Waals surface area contributed by atoms with Crippen LogP contribution >= 0.6 is 0 Å². The second kappa shape index (κ2) is 7.18. The third kappa shape index (κ3) is 4.20. The van der Waals surface area contributed by atoms with Gasteiger partial charge in [-0.3, -0.25) is 4.79 Å². The van der Waals surface area contributed by atoms with Gasteiger partial charge in [0.05, 0.1) is 11.5 Å². The van der Waals surface area contributed by atoms with Crippen molar-refractivity contribution in [2.45, 2.75) is 57.6 Å². The molecule has 0 N–H and O–H groups in total. The molecule has 2 aliphatic heterocycles. The summed E-state index contributed by atoms with van der Waals surface area (Å²) in [7, 11) is -3.63. The van der Waals surface area contributed by atoms with Gasteiger partial charge >= 0.3 is 0 Å². The molecule has 1 aromatic carbocycles. The van der Waals surface area contributed by atoms with E-state index in [0.29, 0.717) is 50.4 Å². The van der Waals surface area contributed by atoms with Crippen molar-refractivity contribution in [3.05, 3.63) is 29.8 Å². The number of aryl methyl sites for hydroxylation is 1. The Bertz CT molecular complexity index is 788. The highest BCUT2D eigenvalue weighted by atomic mass is 32.2. The molecule has 0 atom stereocenters. The number of amides is 1. The highest BCUT2D eigenvalue weighted by molar-refractivity contribution is 7.89. The summed E-state index contributed by atoms with van der Waals surface area (Å²) < 4.78 is 33.8. The van der Waals surface area contributed by atoms with Gasteiger partial charge in [0.15, 0.2) is 0 Å². The lowest BCUT2D eigenvalue weighted by atomic mass is 9.91. The normalized spacial score (nSPS) is 21.0. The van der Waals surface area contributed by atoms with Gasteiger partial charge < -0.3 is 9.64 Å². The van der Waals surface area contributed by atoms with Crippen molar-refractivity contribution < 1.29 is 17.9 Å². The lowest BCUT2D eigenvalue weighted by Crippen LogP contribution is -2.55. The first-order chi connectivity index (χ1) is 12.5. The van der Waals surface area contributed by atoms with E-state index in [4.69, 9.17) is 4.74 Å². The fraction of sp³-hybridized carbons (Fsp3) is 0.650. The van der Waals surface area contributed by atoms with Crippen LogP contribution in [-0.4, -0.2) is 55.5 Å². The largest absolute Gasteiger partial charge is 0.358 e. The van der Waals surface area contributed by atoms with E-state index in [1.165, 1.54) is 4.31 Å². The minimum atomic E-state index is -3.63. The number of hydrogen-bond acceptors (Lipinski definition) is 4. The molecule has 1 amide bonds. The lowest BCUT2D eigenvalue weighted by Gasteiger charge is -2.43. The Morgan fingerprint density at radius 1 is 1.11 bits per heavy atom. The van der Waals surface area contributed by atoms with Crippen LogP contribution in [0.25, 0.3) is 0 Å². The topological polar surface area (TPSA) is 66.9 Å². The third-order valence-corrected chi connectivity index (χ3v) is 7.27. The first-order valence-electron chi connectivity index (χ1n) is 9.55. The van der Waals surface area contributed by atoms with Gasteiger partial charge in [-0.1, -0.05) is 38.5 Å². The second-order valence-electron chi connectivity index (χ2n) is 8.80. The molecular weight excluding hydrogens is 364 g/mol. The van der Waals surface area contributed by atoms with Gasteiger partial charge in [-0.2, -0.15) is 4.31 Å².